The van der Waals surface area contributed by atoms with Gasteiger partial charge < -0.3 is 9.47 Å². The van der Waals surface area contributed by atoms with Crippen LogP contribution in [0.3, 0.4) is 0 Å². The second-order valence-electron chi connectivity index (χ2n) is 4.53. The Hall–Kier alpha value is -2.82. The molecule has 0 N–H and O–H groups in total. The third-order valence-corrected chi connectivity index (χ3v) is 3.42. The molecule has 2 amide bonds. The largest absolute Gasteiger partial charge is 0.493 e. The topological polar surface area (TPSA) is 55.8 Å². The van der Waals surface area contributed by atoms with E-state index in [1.165, 1.54) is 14.2 Å². The lowest BCUT2D eigenvalue weighted by molar-refractivity contribution is 0.0926. The zero-order valence-electron chi connectivity index (χ0n) is 11.6. The fourth-order valence-electron chi connectivity index (χ4n) is 2.39. The van der Waals surface area contributed by atoms with Gasteiger partial charge in [0.2, 0.25) is 0 Å². The molecule has 0 aliphatic carbocycles. The third kappa shape index (κ3) is 1.94. The second kappa shape index (κ2) is 4.94. The van der Waals surface area contributed by atoms with E-state index in [2.05, 4.69) is 0 Å². The Morgan fingerprint density at radius 1 is 0.810 bits per heavy atom. The van der Waals surface area contributed by atoms with Gasteiger partial charge in [-0.1, -0.05) is 12.1 Å². The lowest BCUT2D eigenvalue weighted by Gasteiger charge is -2.16. The SMILES string of the molecule is COc1ccc(N2C(=O)c3ccccc3C2=O)cc1OC. The number of amides is 2. The fraction of sp³-hybridized carbons (Fsp3) is 0.125. The summed E-state index contributed by atoms with van der Waals surface area (Å²) in [6, 6.07) is 11.7. The number of carbonyl (C=O) groups is 2. The van der Waals surface area contributed by atoms with Gasteiger partial charge in [0, 0.05) is 6.07 Å². The van der Waals surface area contributed by atoms with E-state index in [1.54, 1.807) is 42.5 Å². The van der Waals surface area contributed by atoms with E-state index in [0.717, 1.165) is 4.90 Å². The molecule has 0 atom stereocenters. The Balaban J connectivity index is 2.07. The van der Waals surface area contributed by atoms with Crippen LogP contribution in [-0.2, 0) is 0 Å². The number of carbonyl (C=O) groups excluding carboxylic acids is 2. The summed E-state index contributed by atoms with van der Waals surface area (Å²) in [6.45, 7) is 0. The number of imide groups is 1. The van der Waals surface area contributed by atoms with Crippen LogP contribution in [0.15, 0.2) is 42.5 Å². The quantitative estimate of drug-likeness (QED) is 0.812. The van der Waals surface area contributed by atoms with Crippen LogP contribution in [0.25, 0.3) is 0 Å². The van der Waals surface area contributed by atoms with Crippen molar-refractivity contribution in [3.8, 4) is 11.5 Å². The zero-order chi connectivity index (χ0) is 15.0. The number of nitrogens with zero attached hydrogens (tertiary/aromatic N) is 1. The zero-order valence-corrected chi connectivity index (χ0v) is 11.6. The molecule has 5 heteroatoms. The van der Waals surface area contributed by atoms with Gasteiger partial charge in [0.15, 0.2) is 11.5 Å². The molecule has 2 aromatic carbocycles. The van der Waals surface area contributed by atoms with Gasteiger partial charge in [0.05, 0.1) is 31.0 Å². The molecule has 0 radical (unpaired) electrons. The van der Waals surface area contributed by atoms with Crippen molar-refractivity contribution < 1.29 is 19.1 Å². The predicted molar refractivity (Wildman–Crippen MR) is 77.1 cm³/mol. The van der Waals surface area contributed by atoms with Crippen molar-refractivity contribution in [3.05, 3.63) is 53.6 Å². The van der Waals surface area contributed by atoms with Crippen LogP contribution < -0.4 is 14.4 Å². The summed E-state index contributed by atoms with van der Waals surface area (Å²) in [5.74, 6) is 0.343. The molecule has 21 heavy (non-hydrogen) atoms. The van der Waals surface area contributed by atoms with Crippen molar-refractivity contribution >= 4 is 17.5 Å². The number of methoxy groups -OCH3 is 2. The van der Waals surface area contributed by atoms with E-state index in [4.69, 9.17) is 9.47 Å². The number of benzene rings is 2. The number of hydrogen-bond acceptors (Lipinski definition) is 4. The van der Waals surface area contributed by atoms with E-state index < -0.39 is 0 Å². The van der Waals surface area contributed by atoms with Crippen LogP contribution in [-0.4, -0.2) is 26.0 Å². The first-order valence-corrected chi connectivity index (χ1v) is 6.37. The van der Waals surface area contributed by atoms with Gasteiger partial charge in [0.25, 0.3) is 11.8 Å². The Bertz CT molecular complexity index is 704. The average Bonchev–Trinajstić information content (AvgIpc) is 2.78. The maximum atomic E-state index is 12.4. The van der Waals surface area contributed by atoms with Gasteiger partial charge in [-0.25, -0.2) is 4.90 Å². The first kappa shape index (κ1) is 13.2. The molecular formula is C16H13NO4. The second-order valence-corrected chi connectivity index (χ2v) is 4.53. The summed E-state index contributed by atoms with van der Waals surface area (Å²) >= 11 is 0. The molecule has 0 saturated heterocycles. The lowest BCUT2D eigenvalue weighted by atomic mass is 10.1. The van der Waals surface area contributed by atoms with Crippen LogP contribution in [0.4, 0.5) is 5.69 Å². The Morgan fingerprint density at radius 3 is 1.90 bits per heavy atom. The van der Waals surface area contributed by atoms with Crippen LogP contribution in [0, 0.1) is 0 Å². The van der Waals surface area contributed by atoms with E-state index >= 15 is 0 Å². The number of anilines is 1. The van der Waals surface area contributed by atoms with Gasteiger partial charge in [0.1, 0.15) is 0 Å². The summed E-state index contributed by atoms with van der Waals surface area (Å²) in [6.07, 6.45) is 0. The first-order valence-electron chi connectivity index (χ1n) is 6.37. The van der Waals surface area contributed by atoms with Gasteiger partial charge >= 0.3 is 0 Å². The molecule has 2 aromatic rings. The number of rotatable bonds is 3. The molecule has 0 unspecified atom stereocenters. The molecule has 0 fully saturated rings. The van der Waals surface area contributed by atoms with Gasteiger partial charge in [-0.2, -0.15) is 0 Å². The summed E-state index contributed by atoms with van der Waals surface area (Å²) in [7, 11) is 3.03. The monoisotopic (exact) mass is 283 g/mol. The summed E-state index contributed by atoms with van der Waals surface area (Å²) in [5, 5.41) is 0. The van der Waals surface area contributed by atoms with Gasteiger partial charge in [-0.05, 0) is 24.3 Å². The fourth-order valence-corrected chi connectivity index (χ4v) is 2.39. The van der Waals surface area contributed by atoms with E-state index in [9.17, 15) is 9.59 Å². The highest BCUT2D eigenvalue weighted by molar-refractivity contribution is 6.34. The third-order valence-electron chi connectivity index (χ3n) is 3.42. The highest BCUT2D eigenvalue weighted by Crippen LogP contribution is 2.35. The first-order chi connectivity index (χ1) is 10.2. The summed E-state index contributed by atoms with van der Waals surface area (Å²) < 4.78 is 10.4. The van der Waals surface area contributed by atoms with Crippen molar-refractivity contribution in [1.82, 2.24) is 0 Å². The van der Waals surface area contributed by atoms with E-state index in [-0.39, 0.29) is 11.8 Å². The van der Waals surface area contributed by atoms with Crippen molar-refractivity contribution in [2.45, 2.75) is 0 Å². The summed E-state index contributed by atoms with van der Waals surface area (Å²) in [4.78, 5) is 25.9. The molecule has 1 aliphatic rings. The van der Waals surface area contributed by atoms with Crippen molar-refractivity contribution in [2.75, 3.05) is 19.1 Å². The molecule has 5 nitrogen and oxygen atoms in total. The maximum Gasteiger partial charge on any atom is 0.266 e. The highest BCUT2D eigenvalue weighted by Gasteiger charge is 2.36. The van der Waals surface area contributed by atoms with Gasteiger partial charge in [-0.3, -0.25) is 9.59 Å². The number of hydrogen-bond donors (Lipinski definition) is 0. The van der Waals surface area contributed by atoms with Crippen molar-refractivity contribution in [2.24, 2.45) is 0 Å². The van der Waals surface area contributed by atoms with Crippen LogP contribution in [0.1, 0.15) is 20.7 Å². The van der Waals surface area contributed by atoms with Crippen LogP contribution >= 0.6 is 0 Å². The molecule has 1 heterocycles. The molecular weight excluding hydrogens is 270 g/mol. The minimum Gasteiger partial charge on any atom is -0.493 e. The van der Waals surface area contributed by atoms with E-state index in [0.29, 0.717) is 28.3 Å². The summed E-state index contributed by atoms with van der Waals surface area (Å²) in [5.41, 5.74) is 1.29. The maximum absolute atomic E-state index is 12.4. The Kier molecular flexibility index (Phi) is 3.10. The predicted octanol–water partition coefficient (Wildman–Crippen LogP) is 2.50. The standard InChI is InChI=1S/C16H13NO4/c1-20-13-8-7-10(9-14(13)21-2)17-15(18)11-5-3-4-6-12(11)16(17)19/h3-9H,1-2H3. The number of fused-ring (bicyclic) bond motifs is 1. The van der Waals surface area contributed by atoms with Crippen molar-refractivity contribution in [1.29, 1.82) is 0 Å². The minimum absolute atomic E-state index is 0.331. The molecule has 0 aromatic heterocycles. The molecule has 0 bridgehead atoms. The highest BCUT2D eigenvalue weighted by atomic mass is 16.5. The Labute approximate surface area is 121 Å². The van der Waals surface area contributed by atoms with Gasteiger partial charge in [-0.15, -0.1) is 0 Å². The molecule has 3 rings (SSSR count). The minimum atomic E-state index is -0.331. The smallest absolute Gasteiger partial charge is 0.266 e. The molecule has 1 aliphatic heterocycles. The Morgan fingerprint density at radius 2 is 1.38 bits per heavy atom. The normalized spacial score (nSPS) is 13.3. The molecule has 0 spiro atoms. The van der Waals surface area contributed by atoms with Crippen molar-refractivity contribution in [3.63, 3.8) is 0 Å². The van der Waals surface area contributed by atoms with Crippen LogP contribution in [0.2, 0.25) is 0 Å². The lowest BCUT2D eigenvalue weighted by Crippen LogP contribution is -2.29. The molecule has 0 saturated carbocycles. The van der Waals surface area contributed by atoms with Crippen LogP contribution in [0.5, 0.6) is 11.5 Å². The number of ether oxygens (including phenoxy) is 2. The average molecular weight is 283 g/mol. The van der Waals surface area contributed by atoms with E-state index in [1.807, 2.05) is 0 Å². The molecule has 106 valence electrons.